The fourth-order valence-electron chi connectivity index (χ4n) is 2.89. The number of anilines is 1. The summed E-state index contributed by atoms with van der Waals surface area (Å²) in [5.74, 6) is -0.241. The molecule has 0 aliphatic heterocycles. The Bertz CT molecular complexity index is 1090. The monoisotopic (exact) mass is 366 g/mol. The molecule has 124 valence electrons. The van der Waals surface area contributed by atoms with E-state index in [1.165, 1.54) is 0 Å². The van der Waals surface area contributed by atoms with Gasteiger partial charge in [0.25, 0.3) is 0 Å². The number of halogens is 1. The quantitative estimate of drug-likeness (QED) is 0.513. The van der Waals surface area contributed by atoms with Gasteiger partial charge in [0.15, 0.2) is 0 Å². The van der Waals surface area contributed by atoms with Gasteiger partial charge >= 0.3 is 0 Å². The van der Waals surface area contributed by atoms with E-state index in [4.69, 9.17) is 17.3 Å². The van der Waals surface area contributed by atoms with Crippen LogP contribution in [0.25, 0.3) is 20.9 Å². The van der Waals surface area contributed by atoms with Crippen LogP contribution in [0.2, 0.25) is 5.02 Å². The van der Waals surface area contributed by atoms with Crippen molar-refractivity contribution < 1.29 is 4.79 Å². The van der Waals surface area contributed by atoms with Gasteiger partial charge in [-0.2, -0.15) is 0 Å². The molecule has 1 unspecified atom stereocenters. The molecule has 0 saturated carbocycles. The molecule has 0 bridgehead atoms. The van der Waals surface area contributed by atoms with E-state index in [1.54, 1.807) is 11.3 Å². The summed E-state index contributed by atoms with van der Waals surface area (Å²) in [5, 5.41) is 8.59. The number of thiophene rings is 1. The molecule has 25 heavy (non-hydrogen) atoms. The van der Waals surface area contributed by atoms with Crippen LogP contribution in [-0.4, -0.2) is 5.91 Å². The van der Waals surface area contributed by atoms with Crippen molar-refractivity contribution in [1.82, 2.24) is 0 Å². The first kappa shape index (κ1) is 16.1. The molecule has 3 aromatic carbocycles. The molecule has 0 aliphatic carbocycles. The number of nitrogens with two attached hydrogens (primary N) is 1. The predicted octanol–water partition coefficient (Wildman–Crippen LogP) is 5.35. The molecule has 1 atom stereocenters. The number of carbonyl (C=O) groups is 1. The van der Waals surface area contributed by atoms with Gasteiger partial charge in [-0.15, -0.1) is 11.3 Å². The minimum Gasteiger partial charge on any atom is -0.324 e. The van der Waals surface area contributed by atoms with E-state index < -0.39 is 6.04 Å². The predicted molar refractivity (Wildman–Crippen MR) is 106 cm³/mol. The van der Waals surface area contributed by atoms with Crippen LogP contribution in [0.15, 0.2) is 66.0 Å². The van der Waals surface area contributed by atoms with Gasteiger partial charge in [-0.3, -0.25) is 4.79 Å². The molecule has 1 aromatic heterocycles. The van der Waals surface area contributed by atoms with Crippen molar-refractivity contribution in [3.05, 3.63) is 76.6 Å². The molecular formula is C20H15ClN2OS. The molecule has 0 spiro atoms. The van der Waals surface area contributed by atoms with Crippen LogP contribution >= 0.6 is 22.9 Å². The number of hydrogen-bond donors (Lipinski definition) is 2. The van der Waals surface area contributed by atoms with Crippen molar-refractivity contribution in [3.8, 4) is 0 Å². The highest BCUT2D eigenvalue weighted by atomic mass is 35.5. The zero-order valence-electron chi connectivity index (χ0n) is 13.2. The Hall–Kier alpha value is -2.40. The first-order chi connectivity index (χ1) is 12.1. The van der Waals surface area contributed by atoms with Gasteiger partial charge in [-0.25, -0.2) is 0 Å². The number of nitrogens with one attached hydrogen (secondary N) is 1. The van der Waals surface area contributed by atoms with Gasteiger partial charge in [0.1, 0.15) is 6.04 Å². The number of carbonyl (C=O) groups excluding carboxylic acids is 1. The largest absolute Gasteiger partial charge is 0.324 e. The Balaban J connectivity index is 1.61. The summed E-state index contributed by atoms with van der Waals surface area (Å²) in [5.41, 5.74) is 7.74. The summed E-state index contributed by atoms with van der Waals surface area (Å²) in [6.45, 7) is 0. The van der Waals surface area contributed by atoms with Crippen LogP contribution in [0.5, 0.6) is 0 Å². The molecule has 1 amide bonds. The third kappa shape index (κ3) is 3.12. The molecule has 0 saturated heterocycles. The molecule has 1 heterocycles. The fraction of sp³-hybridized carbons (Fsp3) is 0.0500. The van der Waals surface area contributed by atoms with E-state index >= 15 is 0 Å². The van der Waals surface area contributed by atoms with Gasteiger partial charge in [-0.1, -0.05) is 41.9 Å². The van der Waals surface area contributed by atoms with Crippen molar-refractivity contribution in [1.29, 1.82) is 0 Å². The van der Waals surface area contributed by atoms with Crippen molar-refractivity contribution in [2.75, 3.05) is 5.32 Å². The molecule has 3 N–H and O–H groups in total. The Morgan fingerprint density at radius 2 is 1.84 bits per heavy atom. The molecule has 4 rings (SSSR count). The van der Waals surface area contributed by atoms with Crippen molar-refractivity contribution in [2.45, 2.75) is 6.04 Å². The fourth-order valence-corrected chi connectivity index (χ4v) is 4.04. The summed E-state index contributed by atoms with van der Waals surface area (Å²) < 4.78 is 1.06. The van der Waals surface area contributed by atoms with Crippen LogP contribution in [0.1, 0.15) is 11.6 Å². The van der Waals surface area contributed by atoms with E-state index in [1.807, 2.05) is 66.0 Å². The molecule has 0 fully saturated rings. The normalized spacial score (nSPS) is 12.4. The summed E-state index contributed by atoms with van der Waals surface area (Å²) >= 11 is 7.64. The van der Waals surface area contributed by atoms with Crippen LogP contribution in [0.3, 0.4) is 0 Å². The Morgan fingerprint density at radius 3 is 2.68 bits per heavy atom. The minimum atomic E-state index is -0.751. The Kier molecular flexibility index (Phi) is 4.17. The van der Waals surface area contributed by atoms with Crippen LogP contribution in [0.4, 0.5) is 5.69 Å². The number of hydrogen-bond acceptors (Lipinski definition) is 3. The third-order valence-corrected chi connectivity index (χ3v) is 5.42. The number of amides is 1. The molecular weight excluding hydrogens is 352 g/mol. The lowest BCUT2D eigenvalue weighted by atomic mass is 10.1. The first-order valence-electron chi connectivity index (χ1n) is 7.84. The number of rotatable bonds is 3. The lowest BCUT2D eigenvalue weighted by Crippen LogP contribution is -2.27. The maximum absolute atomic E-state index is 12.6. The Labute approximate surface area is 154 Å². The van der Waals surface area contributed by atoms with Gasteiger partial charge in [0.05, 0.1) is 0 Å². The zero-order chi connectivity index (χ0) is 17.4. The van der Waals surface area contributed by atoms with Crippen LogP contribution < -0.4 is 11.1 Å². The van der Waals surface area contributed by atoms with Gasteiger partial charge in [-0.05, 0) is 57.4 Å². The highest BCUT2D eigenvalue weighted by molar-refractivity contribution is 7.17. The zero-order valence-corrected chi connectivity index (χ0v) is 14.8. The van der Waals surface area contributed by atoms with Gasteiger partial charge in [0, 0.05) is 15.4 Å². The van der Waals surface area contributed by atoms with E-state index in [2.05, 4.69) is 5.32 Å². The second-order valence-corrected chi connectivity index (χ2v) is 7.21. The van der Waals surface area contributed by atoms with E-state index in [9.17, 15) is 4.79 Å². The van der Waals surface area contributed by atoms with Gasteiger partial charge < -0.3 is 11.1 Å². The average Bonchev–Trinajstić information content (AvgIpc) is 3.04. The number of benzene rings is 3. The SMILES string of the molecule is NC(C(=O)Nc1ccc2ccccc2c1)c1csc2ccc(Cl)cc12. The summed E-state index contributed by atoms with van der Waals surface area (Å²) in [4.78, 5) is 12.6. The van der Waals surface area contributed by atoms with Crippen molar-refractivity contribution in [2.24, 2.45) is 5.73 Å². The van der Waals surface area contributed by atoms with Gasteiger partial charge in [0.2, 0.25) is 5.91 Å². The highest BCUT2D eigenvalue weighted by Gasteiger charge is 2.20. The van der Waals surface area contributed by atoms with Crippen molar-refractivity contribution in [3.63, 3.8) is 0 Å². The highest BCUT2D eigenvalue weighted by Crippen LogP contribution is 2.32. The van der Waals surface area contributed by atoms with E-state index in [-0.39, 0.29) is 5.91 Å². The third-order valence-electron chi connectivity index (χ3n) is 4.20. The second kappa shape index (κ2) is 6.48. The molecule has 0 aliphatic rings. The summed E-state index contributed by atoms with van der Waals surface area (Å²) in [6, 6.07) is 18.7. The lowest BCUT2D eigenvalue weighted by molar-refractivity contribution is -0.117. The molecule has 0 radical (unpaired) electrons. The molecule has 3 nitrogen and oxygen atoms in total. The molecule has 5 heteroatoms. The first-order valence-corrected chi connectivity index (χ1v) is 9.09. The molecule has 4 aromatic rings. The van der Waals surface area contributed by atoms with Crippen molar-refractivity contribution >= 4 is 55.4 Å². The maximum Gasteiger partial charge on any atom is 0.245 e. The van der Waals surface area contributed by atoms with Crippen LogP contribution in [-0.2, 0) is 4.79 Å². The minimum absolute atomic E-state index is 0.241. The van der Waals surface area contributed by atoms with E-state index in [0.717, 1.165) is 32.1 Å². The standard InChI is InChI=1S/C20H15ClN2OS/c21-14-6-8-18-16(10-14)17(11-25-18)19(22)20(24)23-15-7-5-12-3-1-2-4-13(12)9-15/h1-11,19H,22H2,(H,23,24). The maximum atomic E-state index is 12.6. The Morgan fingerprint density at radius 1 is 1.04 bits per heavy atom. The van der Waals surface area contributed by atoms with E-state index in [0.29, 0.717) is 5.02 Å². The number of fused-ring (bicyclic) bond motifs is 2. The second-order valence-electron chi connectivity index (χ2n) is 5.86. The summed E-state index contributed by atoms with van der Waals surface area (Å²) in [6.07, 6.45) is 0. The van der Waals surface area contributed by atoms with Crippen LogP contribution in [0, 0.1) is 0 Å². The summed E-state index contributed by atoms with van der Waals surface area (Å²) in [7, 11) is 0. The smallest absolute Gasteiger partial charge is 0.245 e. The average molecular weight is 367 g/mol. The topological polar surface area (TPSA) is 55.1 Å². The lowest BCUT2D eigenvalue weighted by Gasteiger charge is -2.12.